The summed E-state index contributed by atoms with van der Waals surface area (Å²) in [6.07, 6.45) is -0.503. The highest BCUT2D eigenvalue weighted by Gasteiger charge is 2.46. The Hall–Kier alpha value is -1.39. The van der Waals surface area contributed by atoms with Crippen LogP contribution in [0.3, 0.4) is 0 Å². The summed E-state index contributed by atoms with van der Waals surface area (Å²) in [6.45, 7) is 5.66. The lowest BCUT2D eigenvalue weighted by Gasteiger charge is -2.19. The Bertz CT molecular complexity index is 539. The van der Waals surface area contributed by atoms with Crippen LogP contribution >= 0.6 is 11.6 Å². The van der Waals surface area contributed by atoms with Gasteiger partial charge in [-0.1, -0.05) is 37.6 Å². The normalized spacial score (nSPS) is 23.7. The summed E-state index contributed by atoms with van der Waals surface area (Å²) in [4.78, 5) is 16.5. The number of benzene rings is 1. The molecule has 0 radical (unpaired) electrons. The lowest BCUT2D eigenvalue weighted by atomic mass is 9.90. The predicted octanol–water partition coefficient (Wildman–Crippen LogP) is 3.40. The Kier molecular flexibility index (Phi) is 4.16. The first-order chi connectivity index (χ1) is 9.38. The number of methoxy groups -OCH3 is 1. The van der Waals surface area contributed by atoms with Gasteiger partial charge in [-0.15, -0.1) is 0 Å². The van der Waals surface area contributed by atoms with Crippen LogP contribution in [0, 0.1) is 5.92 Å². The van der Waals surface area contributed by atoms with E-state index < -0.39 is 11.6 Å². The summed E-state index contributed by atoms with van der Waals surface area (Å²) in [5.41, 5.74) is -0.00473. The molecule has 0 fully saturated rings. The van der Waals surface area contributed by atoms with E-state index in [0.29, 0.717) is 10.9 Å². The van der Waals surface area contributed by atoms with Crippen LogP contribution in [0.2, 0.25) is 5.02 Å². The fraction of sp³-hybridized carbons (Fsp3) is 0.467. The van der Waals surface area contributed by atoms with Crippen LogP contribution < -0.4 is 0 Å². The molecule has 1 heterocycles. The summed E-state index contributed by atoms with van der Waals surface area (Å²) in [6, 6.07) is 7.19. The van der Waals surface area contributed by atoms with Crippen LogP contribution in [-0.4, -0.2) is 24.5 Å². The van der Waals surface area contributed by atoms with Gasteiger partial charge in [-0.3, -0.25) is 0 Å². The molecule has 0 saturated carbocycles. The fourth-order valence-electron chi connectivity index (χ4n) is 1.99. The number of hydrogen-bond donors (Lipinski definition) is 0. The topological polar surface area (TPSA) is 47.9 Å². The zero-order chi connectivity index (χ0) is 14.9. The standard InChI is InChI=1S/C15H18ClNO3/c1-9(2)15(3)14(18)20-13(17-15)12(19-4)10-5-7-11(16)8-6-10/h5-9,12H,1-4H3. The van der Waals surface area contributed by atoms with Gasteiger partial charge in [0.15, 0.2) is 11.6 Å². The first kappa shape index (κ1) is 15.0. The monoisotopic (exact) mass is 295 g/mol. The van der Waals surface area contributed by atoms with Crippen molar-refractivity contribution in [2.75, 3.05) is 7.11 Å². The first-order valence-electron chi connectivity index (χ1n) is 6.48. The van der Waals surface area contributed by atoms with Crippen LogP contribution in [-0.2, 0) is 14.3 Å². The van der Waals surface area contributed by atoms with Crippen LogP contribution in [0.15, 0.2) is 29.3 Å². The van der Waals surface area contributed by atoms with Crippen molar-refractivity contribution < 1.29 is 14.3 Å². The second kappa shape index (κ2) is 5.54. The molecule has 0 saturated heterocycles. The number of carbonyl (C=O) groups is 1. The minimum Gasteiger partial charge on any atom is -0.407 e. The SMILES string of the molecule is COC(C1=NC(C)(C(C)C)C(=O)O1)c1ccc(Cl)cc1. The predicted molar refractivity (Wildman–Crippen MR) is 78.0 cm³/mol. The van der Waals surface area contributed by atoms with Crippen LogP contribution in [0.1, 0.15) is 32.4 Å². The average molecular weight is 296 g/mol. The molecule has 0 bridgehead atoms. The maximum atomic E-state index is 12.0. The number of cyclic esters (lactones) is 1. The van der Waals surface area contributed by atoms with Crippen molar-refractivity contribution in [2.45, 2.75) is 32.4 Å². The minimum atomic E-state index is -0.849. The molecule has 2 unspecified atom stereocenters. The lowest BCUT2D eigenvalue weighted by Crippen LogP contribution is -2.35. The second-order valence-electron chi connectivity index (χ2n) is 5.31. The van der Waals surface area contributed by atoms with Crippen LogP contribution in [0.5, 0.6) is 0 Å². The third-order valence-corrected chi connectivity index (χ3v) is 3.96. The summed E-state index contributed by atoms with van der Waals surface area (Å²) >= 11 is 5.87. The molecule has 1 aliphatic rings. The van der Waals surface area contributed by atoms with E-state index in [0.717, 1.165) is 5.56 Å². The van der Waals surface area contributed by atoms with E-state index in [9.17, 15) is 4.79 Å². The smallest absolute Gasteiger partial charge is 0.340 e. The van der Waals surface area contributed by atoms with Crippen LogP contribution in [0.25, 0.3) is 0 Å². The third-order valence-electron chi connectivity index (χ3n) is 3.71. The Morgan fingerprint density at radius 3 is 2.35 bits per heavy atom. The Morgan fingerprint density at radius 2 is 1.90 bits per heavy atom. The van der Waals surface area contributed by atoms with E-state index in [1.165, 1.54) is 0 Å². The van der Waals surface area contributed by atoms with E-state index in [4.69, 9.17) is 21.1 Å². The van der Waals surface area contributed by atoms with Crippen molar-refractivity contribution >= 4 is 23.5 Å². The number of nitrogens with zero attached hydrogens (tertiary/aromatic N) is 1. The van der Waals surface area contributed by atoms with Gasteiger partial charge in [0, 0.05) is 12.1 Å². The van der Waals surface area contributed by atoms with E-state index >= 15 is 0 Å². The number of rotatable bonds is 4. The van der Waals surface area contributed by atoms with Gasteiger partial charge in [-0.05, 0) is 30.5 Å². The molecule has 0 spiro atoms. The van der Waals surface area contributed by atoms with Gasteiger partial charge in [0.1, 0.15) is 0 Å². The van der Waals surface area contributed by atoms with Crippen molar-refractivity contribution in [1.29, 1.82) is 0 Å². The summed E-state index contributed by atoms with van der Waals surface area (Å²) in [5.74, 6) is 0.0183. The van der Waals surface area contributed by atoms with Crippen molar-refractivity contribution in [1.82, 2.24) is 0 Å². The molecule has 1 aliphatic heterocycles. The van der Waals surface area contributed by atoms with Crippen molar-refractivity contribution in [3.8, 4) is 0 Å². The number of ether oxygens (including phenoxy) is 2. The quantitative estimate of drug-likeness (QED) is 0.800. The van der Waals surface area contributed by atoms with Crippen molar-refractivity contribution in [3.05, 3.63) is 34.9 Å². The zero-order valence-electron chi connectivity index (χ0n) is 12.0. The second-order valence-corrected chi connectivity index (χ2v) is 5.75. The summed E-state index contributed by atoms with van der Waals surface area (Å²) in [5, 5.41) is 0.640. The number of aliphatic imine (C=N–C) groups is 1. The maximum absolute atomic E-state index is 12.0. The molecule has 1 aromatic carbocycles. The van der Waals surface area contributed by atoms with E-state index in [-0.39, 0.29) is 11.9 Å². The molecule has 0 amide bonds. The number of halogens is 1. The molecule has 0 N–H and O–H groups in total. The molecule has 4 nitrogen and oxygen atoms in total. The Balaban J connectivity index is 2.34. The molecule has 0 aromatic heterocycles. The van der Waals surface area contributed by atoms with Gasteiger partial charge >= 0.3 is 5.97 Å². The van der Waals surface area contributed by atoms with Crippen molar-refractivity contribution in [2.24, 2.45) is 10.9 Å². The average Bonchev–Trinajstić information content (AvgIpc) is 2.70. The fourth-order valence-corrected chi connectivity index (χ4v) is 2.12. The van der Waals surface area contributed by atoms with E-state index in [1.807, 2.05) is 26.0 Å². The molecule has 5 heteroatoms. The first-order valence-corrected chi connectivity index (χ1v) is 6.86. The number of carbonyl (C=O) groups excluding carboxylic acids is 1. The number of esters is 1. The zero-order valence-corrected chi connectivity index (χ0v) is 12.8. The van der Waals surface area contributed by atoms with Gasteiger partial charge < -0.3 is 9.47 Å². The molecular weight excluding hydrogens is 278 g/mol. The van der Waals surface area contributed by atoms with Crippen LogP contribution in [0.4, 0.5) is 0 Å². The molecule has 2 atom stereocenters. The van der Waals surface area contributed by atoms with E-state index in [2.05, 4.69) is 4.99 Å². The highest BCUT2D eigenvalue weighted by molar-refractivity contribution is 6.30. The summed E-state index contributed by atoms with van der Waals surface area (Å²) in [7, 11) is 1.56. The van der Waals surface area contributed by atoms with E-state index in [1.54, 1.807) is 26.2 Å². The highest BCUT2D eigenvalue weighted by Crippen LogP contribution is 2.33. The molecule has 1 aromatic rings. The van der Waals surface area contributed by atoms with Gasteiger partial charge in [0.05, 0.1) is 0 Å². The van der Waals surface area contributed by atoms with Gasteiger partial charge in [0.25, 0.3) is 0 Å². The lowest BCUT2D eigenvalue weighted by molar-refractivity contribution is -0.140. The Labute approximate surface area is 123 Å². The van der Waals surface area contributed by atoms with Gasteiger partial charge in [-0.2, -0.15) is 0 Å². The third kappa shape index (κ3) is 2.58. The maximum Gasteiger partial charge on any atom is 0.340 e. The summed E-state index contributed by atoms with van der Waals surface area (Å²) < 4.78 is 10.8. The molecule has 2 rings (SSSR count). The largest absolute Gasteiger partial charge is 0.407 e. The van der Waals surface area contributed by atoms with Crippen molar-refractivity contribution in [3.63, 3.8) is 0 Å². The Morgan fingerprint density at radius 1 is 1.30 bits per heavy atom. The molecule has 20 heavy (non-hydrogen) atoms. The highest BCUT2D eigenvalue weighted by atomic mass is 35.5. The molecule has 0 aliphatic carbocycles. The number of hydrogen-bond acceptors (Lipinski definition) is 4. The molecular formula is C15H18ClNO3. The van der Waals surface area contributed by atoms with Gasteiger partial charge in [-0.25, -0.2) is 9.79 Å². The minimum absolute atomic E-state index is 0.0511. The van der Waals surface area contributed by atoms with Gasteiger partial charge in [0.2, 0.25) is 5.90 Å². The molecule has 108 valence electrons.